The van der Waals surface area contributed by atoms with Crippen LogP contribution in [-0.2, 0) is 28.9 Å². The van der Waals surface area contributed by atoms with Gasteiger partial charge < -0.3 is 19.1 Å². The van der Waals surface area contributed by atoms with Crippen LogP contribution in [-0.4, -0.2) is 138 Å². The summed E-state index contributed by atoms with van der Waals surface area (Å²) >= 11 is 0. The Bertz CT molecular complexity index is 650. The highest BCUT2D eigenvalue weighted by atomic mass is 32.3. The molecule has 0 amide bonds. The normalized spacial score (nSPS) is 16.5. The van der Waals surface area contributed by atoms with Crippen molar-refractivity contribution in [3.63, 3.8) is 0 Å². The van der Waals surface area contributed by atoms with E-state index in [2.05, 4.69) is 34.8 Å². The average molecular weight is 601 g/mol. The van der Waals surface area contributed by atoms with E-state index in [4.69, 9.17) is 19.1 Å². The molecule has 0 bridgehead atoms. The van der Waals surface area contributed by atoms with E-state index in [0.717, 1.165) is 65.6 Å². The van der Waals surface area contributed by atoms with Gasteiger partial charge in [-0.1, -0.05) is 59.3 Å². The van der Waals surface area contributed by atoms with Gasteiger partial charge in [0, 0.05) is 26.2 Å². The number of carbonyl (C=O) groups is 1. The Hall–Kier alpha value is -0.860. The van der Waals surface area contributed by atoms with E-state index >= 15 is 0 Å². The molecule has 12 heteroatoms. The van der Waals surface area contributed by atoms with Gasteiger partial charge in [-0.15, -0.1) is 0 Å². The zero-order valence-electron chi connectivity index (χ0n) is 26.4. The predicted molar refractivity (Wildman–Crippen MR) is 161 cm³/mol. The van der Waals surface area contributed by atoms with Crippen molar-refractivity contribution in [3.8, 4) is 0 Å². The van der Waals surface area contributed by atoms with E-state index in [9.17, 15) is 13.2 Å². The third-order valence-electron chi connectivity index (χ3n) is 6.55. The maximum atomic E-state index is 10.6. The maximum absolute atomic E-state index is 10.6. The van der Waals surface area contributed by atoms with Crippen molar-refractivity contribution >= 4 is 16.4 Å². The zero-order chi connectivity index (χ0) is 30.7. The number of morpholine rings is 2. The monoisotopic (exact) mass is 600 g/mol. The molecule has 11 nitrogen and oxygen atoms in total. The van der Waals surface area contributed by atoms with Gasteiger partial charge in [-0.25, -0.2) is 8.98 Å². The molecular weight excluding hydrogens is 538 g/mol. The summed E-state index contributed by atoms with van der Waals surface area (Å²) in [6.07, 6.45) is 10.4. The standard InChI is InChI=1S/C14H29NO2.2C6H13NO.C2H6O4S/c1-4-5-6-7-8-9-10-11-12-15(2,3)13-14(16)17;2*1-2-7-3-5-8-6-4-7;1-2-6-7(3,4)5/h4-13H2,1-3H3;2*2-6H2,1H3;2H2,1H3,(H,3,4,5)/p+1. The number of aliphatic carboxylic acids is 1. The molecule has 2 aliphatic heterocycles. The number of quaternary nitrogens is 1. The van der Waals surface area contributed by atoms with Gasteiger partial charge in [0.2, 0.25) is 0 Å². The largest absolute Gasteiger partial charge is 0.477 e. The van der Waals surface area contributed by atoms with E-state index in [0.29, 0.717) is 4.48 Å². The van der Waals surface area contributed by atoms with Crippen molar-refractivity contribution in [2.45, 2.75) is 79.1 Å². The van der Waals surface area contributed by atoms with Gasteiger partial charge in [-0.3, -0.25) is 14.4 Å². The Balaban J connectivity index is 0. The SMILES string of the molecule is CCCCCCCCCC[N+](C)(C)CC(=O)O.CCN1CCOCC1.CCN1CCOCC1.CCOS(=O)(=O)O. The molecule has 0 spiro atoms. The Morgan fingerprint density at radius 1 is 0.775 bits per heavy atom. The molecular formula is C28H62N3O8S+. The van der Waals surface area contributed by atoms with Crippen LogP contribution in [0.4, 0.5) is 0 Å². The van der Waals surface area contributed by atoms with Crippen LogP contribution in [0.25, 0.3) is 0 Å². The van der Waals surface area contributed by atoms with Crippen LogP contribution in [0.15, 0.2) is 0 Å². The first kappa shape index (κ1) is 41.3. The van der Waals surface area contributed by atoms with Crippen molar-refractivity contribution < 1.29 is 41.0 Å². The van der Waals surface area contributed by atoms with E-state index < -0.39 is 16.4 Å². The number of carboxylic acid groups (broad SMARTS) is 1. The quantitative estimate of drug-likeness (QED) is 0.163. The lowest BCUT2D eigenvalue weighted by Crippen LogP contribution is -2.44. The van der Waals surface area contributed by atoms with Crippen LogP contribution >= 0.6 is 0 Å². The molecule has 0 aromatic carbocycles. The third kappa shape index (κ3) is 31.7. The van der Waals surface area contributed by atoms with Gasteiger partial charge >= 0.3 is 16.4 Å². The van der Waals surface area contributed by atoms with Gasteiger partial charge in [-0.05, 0) is 32.9 Å². The molecule has 0 aromatic rings. The fraction of sp³-hybridized carbons (Fsp3) is 0.964. The first-order chi connectivity index (χ1) is 18.9. The molecule has 0 saturated carbocycles. The molecule has 0 unspecified atom stereocenters. The molecule has 0 radical (unpaired) electrons. The maximum Gasteiger partial charge on any atom is 0.397 e. The molecule has 0 aromatic heterocycles. The summed E-state index contributed by atoms with van der Waals surface area (Å²) < 4.78 is 41.6. The smallest absolute Gasteiger partial charge is 0.397 e. The van der Waals surface area contributed by atoms with Gasteiger partial charge in [0.15, 0.2) is 6.54 Å². The van der Waals surface area contributed by atoms with Crippen LogP contribution in [0.2, 0.25) is 0 Å². The zero-order valence-corrected chi connectivity index (χ0v) is 27.3. The van der Waals surface area contributed by atoms with Crippen molar-refractivity contribution in [1.82, 2.24) is 9.80 Å². The highest BCUT2D eigenvalue weighted by molar-refractivity contribution is 7.80. The van der Waals surface area contributed by atoms with Gasteiger partial charge in [0.1, 0.15) is 0 Å². The molecule has 0 atom stereocenters. The van der Waals surface area contributed by atoms with Crippen molar-refractivity contribution in [2.24, 2.45) is 0 Å². The molecule has 2 fully saturated rings. The Labute approximate surface area is 245 Å². The summed E-state index contributed by atoms with van der Waals surface area (Å²) in [4.78, 5) is 15.4. The molecule has 2 rings (SSSR count). The number of hydrogen-bond donors (Lipinski definition) is 2. The summed E-state index contributed by atoms with van der Waals surface area (Å²) in [5, 5.41) is 8.76. The summed E-state index contributed by atoms with van der Waals surface area (Å²) in [5.41, 5.74) is 0. The highest BCUT2D eigenvalue weighted by Gasteiger charge is 2.18. The number of rotatable bonds is 15. The number of likely N-dealkylation sites (N-methyl/N-ethyl adjacent to an activating group) is 3. The van der Waals surface area contributed by atoms with Crippen LogP contribution < -0.4 is 0 Å². The second kappa shape index (κ2) is 27.0. The lowest BCUT2D eigenvalue weighted by molar-refractivity contribution is -0.883. The molecule has 0 aliphatic carbocycles. The van der Waals surface area contributed by atoms with Crippen molar-refractivity contribution in [2.75, 3.05) is 99.5 Å². The van der Waals surface area contributed by atoms with E-state index in [-0.39, 0.29) is 13.2 Å². The lowest BCUT2D eigenvalue weighted by Gasteiger charge is -2.27. The van der Waals surface area contributed by atoms with Crippen LogP contribution in [0, 0.1) is 0 Å². The molecule has 40 heavy (non-hydrogen) atoms. The first-order valence-corrected chi connectivity index (χ1v) is 16.5. The molecule has 242 valence electrons. The molecule has 2 saturated heterocycles. The average Bonchev–Trinajstić information content (AvgIpc) is 2.91. The molecule has 2 N–H and O–H groups in total. The van der Waals surface area contributed by atoms with Crippen molar-refractivity contribution in [1.29, 1.82) is 0 Å². The van der Waals surface area contributed by atoms with Crippen LogP contribution in [0.1, 0.15) is 79.1 Å². The van der Waals surface area contributed by atoms with Crippen molar-refractivity contribution in [3.05, 3.63) is 0 Å². The van der Waals surface area contributed by atoms with E-state index in [1.54, 1.807) is 0 Å². The Morgan fingerprint density at radius 3 is 1.45 bits per heavy atom. The fourth-order valence-corrected chi connectivity index (χ4v) is 4.40. The summed E-state index contributed by atoms with van der Waals surface area (Å²) in [6.45, 7) is 19.8. The van der Waals surface area contributed by atoms with Gasteiger partial charge in [0.05, 0.1) is 53.7 Å². The topological polar surface area (TPSA) is 126 Å². The van der Waals surface area contributed by atoms with E-state index in [1.807, 2.05) is 14.1 Å². The number of ether oxygens (including phenoxy) is 2. The summed E-state index contributed by atoms with van der Waals surface area (Å²) in [5.74, 6) is -0.699. The number of nitrogens with zero attached hydrogens (tertiary/aromatic N) is 3. The number of carboxylic acids is 1. The molecule has 2 aliphatic rings. The number of unbranched alkanes of at least 4 members (excludes halogenated alkanes) is 7. The summed E-state index contributed by atoms with van der Waals surface area (Å²) in [7, 11) is -0.183. The van der Waals surface area contributed by atoms with E-state index in [1.165, 1.54) is 65.0 Å². The summed E-state index contributed by atoms with van der Waals surface area (Å²) in [6, 6.07) is 0. The van der Waals surface area contributed by atoms with Gasteiger partial charge in [-0.2, -0.15) is 8.42 Å². The van der Waals surface area contributed by atoms with Gasteiger partial charge in [0.25, 0.3) is 0 Å². The third-order valence-corrected chi connectivity index (χ3v) is 7.08. The minimum atomic E-state index is -4.17. The molecule has 2 heterocycles. The predicted octanol–water partition coefficient (Wildman–Crippen LogP) is 3.79. The lowest BCUT2D eigenvalue weighted by atomic mass is 10.1. The fourth-order valence-electron chi connectivity index (χ4n) is 4.10. The second-order valence-electron chi connectivity index (χ2n) is 10.6. The first-order valence-electron chi connectivity index (χ1n) is 15.2. The minimum Gasteiger partial charge on any atom is -0.477 e. The van der Waals surface area contributed by atoms with Crippen LogP contribution in [0.5, 0.6) is 0 Å². The van der Waals surface area contributed by atoms with Crippen LogP contribution in [0.3, 0.4) is 0 Å². The second-order valence-corrected chi connectivity index (χ2v) is 11.7. The minimum absolute atomic E-state index is 0.0289. The Morgan fingerprint density at radius 2 is 1.18 bits per heavy atom. The highest BCUT2D eigenvalue weighted by Crippen LogP contribution is 2.10. The Kier molecular flexibility index (Phi) is 27.9. The number of hydrogen-bond acceptors (Lipinski definition) is 8.